The molecular weight excluding hydrogens is 338 g/mol. The highest BCUT2D eigenvalue weighted by Crippen LogP contribution is 2.51. The van der Waals surface area contributed by atoms with E-state index in [1.54, 1.807) is 0 Å². The van der Waals surface area contributed by atoms with Gasteiger partial charge < -0.3 is 19.1 Å². The number of hydrogen-bond acceptors (Lipinski definition) is 4. The van der Waals surface area contributed by atoms with Crippen LogP contribution in [0.15, 0.2) is 0 Å². The minimum Gasteiger partial charge on any atom is -0.459 e. The van der Waals surface area contributed by atoms with Crippen LogP contribution in [-0.2, 0) is 19.0 Å². The summed E-state index contributed by atoms with van der Waals surface area (Å²) in [5, 5.41) is 0. The van der Waals surface area contributed by atoms with Crippen LogP contribution < -0.4 is 0 Å². The molecule has 2 bridgehead atoms. The second kappa shape index (κ2) is 5.86. The molecule has 6 heteroatoms. The van der Waals surface area contributed by atoms with Crippen molar-refractivity contribution in [1.82, 2.24) is 0 Å². The zero-order valence-electron chi connectivity index (χ0n) is 12.1. The quantitative estimate of drug-likeness (QED) is 0.442. The van der Waals surface area contributed by atoms with Gasteiger partial charge in [0, 0.05) is 19.8 Å². The van der Waals surface area contributed by atoms with Gasteiger partial charge in [-0.3, -0.25) is 4.79 Å². The first-order valence-corrected chi connectivity index (χ1v) is 8.43. The van der Waals surface area contributed by atoms with E-state index in [0.717, 1.165) is 32.1 Å². The van der Waals surface area contributed by atoms with Crippen molar-refractivity contribution in [3.63, 3.8) is 0 Å². The van der Waals surface area contributed by atoms with Gasteiger partial charge in [-0.05, 0) is 19.3 Å². The topological polar surface area (TPSA) is 49.1 Å². The minimum atomic E-state index is -0.269. The number of rotatable bonds is 3. The fourth-order valence-electron chi connectivity index (χ4n) is 3.93. The van der Waals surface area contributed by atoms with Gasteiger partial charge in [-0.2, -0.15) is 0 Å². The first kappa shape index (κ1) is 15.3. The molecule has 1 unspecified atom stereocenters. The third-order valence-corrected chi connectivity index (χ3v) is 5.60. The molecule has 1 aliphatic carbocycles. The van der Waals surface area contributed by atoms with Gasteiger partial charge in [-0.1, -0.05) is 15.9 Å². The Morgan fingerprint density at radius 2 is 2.29 bits per heavy atom. The zero-order valence-corrected chi connectivity index (χ0v) is 13.7. The van der Waals surface area contributed by atoms with Crippen molar-refractivity contribution >= 4 is 21.9 Å². The number of hydrogen-bond donors (Lipinski definition) is 0. The summed E-state index contributed by atoms with van der Waals surface area (Å²) in [5.74, 6) is -0.269. The normalized spacial score (nSPS) is 44.7. The lowest BCUT2D eigenvalue weighted by Gasteiger charge is -2.44. The van der Waals surface area contributed by atoms with Crippen LogP contribution in [0.3, 0.4) is 0 Å². The molecule has 2 heterocycles. The highest BCUT2D eigenvalue weighted by molar-refractivity contribution is 9.09. The molecule has 0 radical (unpaired) electrons. The summed E-state index contributed by atoms with van der Waals surface area (Å²) in [6, 6.07) is 0. The van der Waals surface area contributed by atoms with E-state index in [-0.39, 0.29) is 40.8 Å². The van der Waals surface area contributed by atoms with Crippen LogP contribution in [0.1, 0.15) is 39.0 Å². The van der Waals surface area contributed by atoms with Gasteiger partial charge in [-0.25, -0.2) is 6.57 Å². The fourth-order valence-corrected chi connectivity index (χ4v) is 4.92. The first-order chi connectivity index (χ1) is 10.0. The second-order valence-corrected chi connectivity index (χ2v) is 7.39. The summed E-state index contributed by atoms with van der Waals surface area (Å²) in [4.78, 5) is 14.7. The van der Waals surface area contributed by atoms with Gasteiger partial charge in [0.15, 0.2) is 0 Å². The fraction of sp³-hybridized carbons (Fsp3) is 0.867. The number of ether oxygens (including phenoxy) is 3. The van der Waals surface area contributed by atoms with Crippen LogP contribution in [0.5, 0.6) is 0 Å². The highest BCUT2D eigenvalue weighted by atomic mass is 79.9. The van der Waals surface area contributed by atoms with Gasteiger partial charge in [0.05, 0.1) is 28.7 Å². The molecular formula is C15H20BrNO4. The van der Waals surface area contributed by atoms with E-state index in [9.17, 15) is 4.79 Å². The maximum atomic E-state index is 11.3. The van der Waals surface area contributed by atoms with Crippen molar-refractivity contribution in [3.8, 4) is 0 Å². The van der Waals surface area contributed by atoms with Crippen LogP contribution >= 0.6 is 15.9 Å². The highest BCUT2D eigenvalue weighted by Gasteiger charge is 2.60. The molecule has 116 valence electrons. The van der Waals surface area contributed by atoms with Crippen molar-refractivity contribution < 1.29 is 19.0 Å². The molecule has 21 heavy (non-hydrogen) atoms. The standard InChI is InChI=1S/C15H20BrNO4/c1-9(18)19-14-11(16)7-15-8-12(14)20-13(15)4-3-10(21-15)5-6-17-2/h10-14H,3-8H2,1H3/t10-,11+,12-,13+,14-,15?/m1/s1. The Morgan fingerprint density at radius 3 is 3.00 bits per heavy atom. The van der Waals surface area contributed by atoms with Gasteiger partial charge in [-0.15, -0.1) is 0 Å². The molecule has 1 saturated carbocycles. The van der Waals surface area contributed by atoms with Crippen LogP contribution in [0.2, 0.25) is 0 Å². The molecule has 5 nitrogen and oxygen atoms in total. The number of carbonyl (C=O) groups excluding carboxylic acids is 1. The Morgan fingerprint density at radius 1 is 1.48 bits per heavy atom. The smallest absolute Gasteiger partial charge is 0.303 e. The summed E-state index contributed by atoms with van der Waals surface area (Å²) in [5.41, 5.74) is -0.263. The summed E-state index contributed by atoms with van der Waals surface area (Å²) >= 11 is 3.65. The molecule has 2 aliphatic heterocycles. The van der Waals surface area contributed by atoms with Crippen molar-refractivity contribution in [3.05, 3.63) is 11.4 Å². The summed E-state index contributed by atoms with van der Waals surface area (Å²) < 4.78 is 17.9. The van der Waals surface area contributed by atoms with Gasteiger partial charge in [0.25, 0.3) is 0 Å². The van der Waals surface area contributed by atoms with E-state index in [1.807, 2.05) is 0 Å². The molecule has 3 aliphatic rings. The number of carbonyl (C=O) groups is 1. The van der Waals surface area contributed by atoms with Crippen LogP contribution in [-0.4, -0.2) is 47.4 Å². The molecule has 6 atom stereocenters. The minimum absolute atomic E-state index is 0.0600. The van der Waals surface area contributed by atoms with Crippen LogP contribution in [0.4, 0.5) is 0 Å². The predicted molar refractivity (Wildman–Crippen MR) is 79.1 cm³/mol. The molecule has 0 aromatic carbocycles. The Hall–Kier alpha value is -0.640. The van der Waals surface area contributed by atoms with E-state index in [0.29, 0.717) is 6.54 Å². The Bertz CT molecular complexity index is 465. The van der Waals surface area contributed by atoms with Crippen molar-refractivity contribution in [2.75, 3.05) is 6.54 Å². The Kier molecular flexibility index (Phi) is 4.26. The van der Waals surface area contributed by atoms with Gasteiger partial charge in [0.2, 0.25) is 6.54 Å². The number of esters is 1. The molecule has 3 fully saturated rings. The zero-order chi connectivity index (χ0) is 15.0. The van der Waals surface area contributed by atoms with Gasteiger partial charge >= 0.3 is 5.97 Å². The lowest BCUT2D eigenvalue weighted by Crippen LogP contribution is -2.53. The van der Waals surface area contributed by atoms with E-state index < -0.39 is 0 Å². The average Bonchev–Trinajstić information content (AvgIpc) is 2.74. The molecule has 2 saturated heterocycles. The van der Waals surface area contributed by atoms with Crippen LogP contribution in [0, 0.1) is 6.57 Å². The second-order valence-electron chi connectivity index (χ2n) is 6.21. The van der Waals surface area contributed by atoms with Gasteiger partial charge in [0.1, 0.15) is 6.10 Å². The number of nitrogens with zero attached hydrogens (tertiary/aromatic N) is 1. The van der Waals surface area contributed by atoms with Crippen molar-refractivity contribution in [1.29, 1.82) is 0 Å². The maximum absolute atomic E-state index is 11.3. The SMILES string of the molecule is [C-]#[N+]CC[C@H]1CC[C@@H]2O[C@@H]3CC2(C[C@H](Br)[C@H]3OC(C)=O)O1. The lowest BCUT2D eigenvalue weighted by molar-refractivity contribution is -0.165. The molecule has 3 rings (SSSR count). The molecule has 0 amide bonds. The predicted octanol–water partition coefficient (Wildman–Crippen LogP) is 2.47. The molecule has 1 spiro atoms. The summed E-state index contributed by atoms with van der Waals surface area (Å²) in [7, 11) is 0. The van der Waals surface area contributed by atoms with E-state index in [4.69, 9.17) is 20.8 Å². The first-order valence-electron chi connectivity index (χ1n) is 7.52. The van der Waals surface area contributed by atoms with E-state index >= 15 is 0 Å². The third kappa shape index (κ3) is 2.84. The van der Waals surface area contributed by atoms with Crippen molar-refractivity contribution in [2.45, 2.75) is 73.9 Å². The van der Waals surface area contributed by atoms with Crippen LogP contribution in [0.25, 0.3) is 4.85 Å². The third-order valence-electron chi connectivity index (χ3n) is 4.75. The summed E-state index contributed by atoms with van der Waals surface area (Å²) in [6.07, 6.45) is 4.21. The maximum Gasteiger partial charge on any atom is 0.303 e. The lowest BCUT2D eigenvalue weighted by atomic mass is 9.77. The van der Waals surface area contributed by atoms with Crippen molar-refractivity contribution in [2.24, 2.45) is 0 Å². The summed E-state index contributed by atoms with van der Waals surface area (Å²) in [6.45, 7) is 8.87. The number of halogens is 1. The monoisotopic (exact) mass is 357 g/mol. The largest absolute Gasteiger partial charge is 0.459 e. The average molecular weight is 358 g/mol. The Labute approximate surface area is 133 Å². The molecule has 0 N–H and O–H groups in total. The number of alkyl halides is 1. The van der Waals surface area contributed by atoms with E-state index in [2.05, 4.69) is 20.8 Å². The number of fused-ring (bicyclic) bond motifs is 1. The molecule has 0 aromatic rings. The van der Waals surface area contributed by atoms with E-state index in [1.165, 1.54) is 6.92 Å². The molecule has 0 aromatic heterocycles. The Balaban J connectivity index is 1.72.